The van der Waals surface area contributed by atoms with Gasteiger partial charge in [-0.25, -0.2) is 4.79 Å². The zero-order valence-corrected chi connectivity index (χ0v) is 16.7. The number of anilines is 1. The largest absolute Gasteiger partial charge is 0.331 e. The number of fused-ring (bicyclic) bond motifs is 1. The van der Waals surface area contributed by atoms with Crippen molar-refractivity contribution in [2.45, 2.75) is 40.8 Å². The predicted molar refractivity (Wildman–Crippen MR) is 112 cm³/mol. The number of nitrogens with one attached hydrogen (secondary N) is 1. The molecule has 0 aliphatic heterocycles. The molecule has 0 aliphatic rings. The first-order chi connectivity index (χ1) is 13.3. The van der Waals surface area contributed by atoms with Crippen LogP contribution in [0.15, 0.2) is 52.1 Å². The normalized spacial score (nSPS) is 11.2. The lowest BCUT2D eigenvalue weighted by atomic mass is 10.1. The topological polar surface area (TPSA) is 73.1 Å². The van der Waals surface area contributed by atoms with Crippen LogP contribution in [-0.4, -0.2) is 15.0 Å². The minimum atomic E-state index is -0.464. The molecule has 0 saturated carbocycles. The fourth-order valence-electron chi connectivity index (χ4n) is 3.27. The molecule has 1 heterocycles. The van der Waals surface area contributed by atoms with Gasteiger partial charge in [0.1, 0.15) is 6.54 Å². The SMILES string of the molecule is Cc1cccc(NC(=O)Cn2c(=O)n(CC(C)C)c(=O)c3ccccc32)c1C. The van der Waals surface area contributed by atoms with Crippen LogP contribution >= 0.6 is 0 Å². The Bertz CT molecular complexity index is 1160. The van der Waals surface area contributed by atoms with E-state index in [4.69, 9.17) is 0 Å². The van der Waals surface area contributed by atoms with Gasteiger partial charge in [-0.05, 0) is 49.1 Å². The Morgan fingerprint density at radius 2 is 1.71 bits per heavy atom. The van der Waals surface area contributed by atoms with E-state index >= 15 is 0 Å². The molecule has 1 N–H and O–H groups in total. The van der Waals surface area contributed by atoms with Gasteiger partial charge in [-0.3, -0.25) is 18.7 Å². The molecule has 6 heteroatoms. The van der Waals surface area contributed by atoms with E-state index in [2.05, 4.69) is 5.32 Å². The Morgan fingerprint density at radius 3 is 2.43 bits per heavy atom. The Kier molecular flexibility index (Phi) is 5.49. The summed E-state index contributed by atoms with van der Waals surface area (Å²) in [5.41, 5.74) is 2.46. The highest BCUT2D eigenvalue weighted by atomic mass is 16.2. The third kappa shape index (κ3) is 3.76. The van der Waals surface area contributed by atoms with Crippen molar-refractivity contribution in [1.29, 1.82) is 0 Å². The number of para-hydroxylation sites is 1. The van der Waals surface area contributed by atoms with E-state index in [0.29, 0.717) is 17.4 Å². The van der Waals surface area contributed by atoms with Crippen LogP contribution in [0.3, 0.4) is 0 Å². The number of nitrogens with zero attached hydrogens (tertiary/aromatic N) is 2. The van der Waals surface area contributed by atoms with Gasteiger partial charge in [0, 0.05) is 12.2 Å². The van der Waals surface area contributed by atoms with E-state index in [1.807, 2.05) is 45.9 Å². The number of aryl methyl sites for hydroxylation is 1. The quantitative estimate of drug-likeness (QED) is 0.740. The Labute approximate surface area is 163 Å². The number of amides is 1. The summed E-state index contributed by atoms with van der Waals surface area (Å²) in [6.07, 6.45) is 0. The zero-order chi connectivity index (χ0) is 20.4. The lowest BCUT2D eigenvalue weighted by Gasteiger charge is -2.16. The summed E-state index contributed by atoms with van der Waals surface area (Å²) in [5, 5.41) is 3.31. The first-order valence-corrected chi connectivity index (χ1v) is 9.38. The molecule has 6 nitrogen and oxygen atoms in total. The van der Waals surface area contributed by atoms with Gasteiger partial charge in [0.15, 0.2) is 0 Å². The molecule has 0 atom stereocenters. The monoisotopic (exact) mass is 379 g/mol. The summed E-state index contributed by atoms with van der Waals surface area (Å²) >= 11 is 0. The molecule has 3 aromatic rings. The maximum absolute atomic E-state index is 13.0. The van der Waals surface area contributed by atoms with E-state index in [9.17, 15) is 14.4 Å². The van der Waals surface area contributed by atoms with Crippen LogP contribution < -0.4 is 16.6 Å². The van der Waals surface area contributed by atoms with Crippen molar-refractivity contribution < 1.29 is 4.79 Å². The van der Waals surface area contributed by atoms with Crippen molar-refractivity contribution >= 4 is 22.5 Å². The first-order valence-electron chi connectivity index (χ1n) is 9.38. The third-order valence-corrected chi connectivity index (χ3v) is 4.86. The Hall–Kier alpha value is -3.15. The van der Waals surface area contributed by atoms with Crippen molar-refractivity contribution in [3.05, 3.63) is 74.4 Å². The smallest absolute Gasteiger partial charge is 0.324 e. The van der Waals surface area contributed by atoms with E-state index in [1.54, 1.807) is 24.3 Å². The number of benzene rings is 2. The summed E-state index contributed by atoms with van der Waals surface area (Å²) in [6.45, 7) is 7.95. The minimum Gasteiger partial charge on any atom is -0.324 e. The summed E-state index contributed by atoms with van der Waals surface area (Å²) in [7, 11) is 0. The molecule has 0 unspecified atom stereocenters. The summed E-state index contributed by atoms with van der Waals surface area (Å²) in [5.74, 6) is -0.181. The van der Waals surface area contributed by atoms with Crippen LogP contribution in [0.4, 0.5) is 5.69 Å². The highest BCUT2D eigenvalue weighted by molar-refractivity contribution is 5.92. The van der Waals surface area contributed by atoms with Gasteiger partial charge in [-0.1, -0.05) is 38.1 Å². The maximum atomic E-state index is 13.0. The molecular weight excluding hydrogens is 354 g/mol. The molecule has 1 amide bonds. The average Bonchev–Trinajstić information content (AvgIpc) is 2.66. The van der Waals surface area contributed by atoms with Crippen molar-refractivity contribution in [1.82, 2.24) is 9.13 Å². The number of carbonyl (C=O) groups is 1. The number of hydrogen-bond acceptors (Lipinski definition) is 3. The molecule has 146 valence electrons. The molecule has 1 aromatic heterocycles. The van der Waals surface area contributed by atoms with E-state index in [-0.39, 0.29) is 23.9 Å². The highest BCUT2D eigenvalue weighted by Gasteiger charge is 2.16. The molecular formula is C22H25N3O3. The molecule has 0 bridgehead atoms. The third-order valence-electron chi connectivity index (χ3n) is 4.86. The minimum absolute atomic E-state index is 0.129. The molecule has 0 saturated heterocycles. The standard InChI is InChI=1S/C22H25N3O3/c1-14(2)12-25-21(27)17-9-5-6-11-19(17)24(22(25)28)13-20(26)23-18-10-7-8-15(3)16(18)4/h5-11,14H,12-13H2,1-4H3,(H,23,26). The number of hydrogen-bond donors (Lipinski definition) is 1. The predicted octanol–water partition coefficient (Wildman–Crippen LogP) is 3.07. The number of carbonyl (C=O) groups excluding carboxylic acids is 1. The number of rotatable bonds is 5. The zero-order valence-electron chi connectivity index (χ0n) is 16.7. The maximum Gasteiger partial charge on any atom is 0.331 e. The van der Waals surface area contributed by atoms with Gasteiger partial charge >= 0.3 is 5.69 Å². The summed E-state index contributed by atoms with van der Waals surface area (Å²) in [4.78, 5) is 38.4. The number of aromatic nitrogens is 2. The van der Waals surface area contributed by atoms with Crippen LogP contribution in [0.1, 0.15) is 25.0 Å². The molecule has 0 aliphatic carbocycles. The average molecular weight is 379 g/mol. The molecule has 0 fully saturated rings. The van der Waals surface area contributed by atoms with Crippen molar-refractivity contribution in [3.63, 3.8) is 0 Å². The van der Waals surface area contributed by atoms with Crippen LogP contribution in [0, 0.1) is 19.8 Å². The van der Waals surface area contributed by atoms with Gasteiger partial charge < -0.3 is 5.32 Å². The van der Waals surface area contributed by atoms with E-state index in [0.717, 1.165) is 16.8 Å². The Balaban J connectivity index is 2.05. The highest BCUT2D eigenvalue weighted by Crippen LogP contribution is 2.18. The molecule has 0 radical (unpaired) electrons. The first kappa shape index (κ1) is 19.6. The van der Waals surface area contributed by atoms with Gasteiger partial charge in [-0.2, -0.15) is 0 Å². The summed E-state index contributed by atoms with van der Waals surface area (Å²) < 4.78 is 2.60. The molecule has 3 rings (SSSR count). The molecule has 0 spiro atoms. The van der Waals surface area contributed by atoms with E-state index in [1.165, 1.54) is 9.13 Å². The van der Waals surface area contributed by atoms with Crippen molar-refractivity contribution in [2.75, 3.05) is 5.32 Å². The van der Waals surface area contributed by atoms with Gasteiger partial charge in [0.2, 0.25) is 5.91 Å². The van der Waals surface area contributed by atoms with Crippen molar-refractivity contribution in [2.24, 2.45) is 5.92 Å². The fourth-order valence-corrected chi connectivity index (χ4v) is 3.27. The molecule has 28 heavy (non-hydrogen) atoms. The van der Waals surface area contributed by atoms with Crippen LogP contribution in [0.25, 0.3) is 10.9 Å². The summed E-state index contributed by atoms with van der Waals surface area (Å²) in [6, 6.07) is 12.6. The lowest BCUT2D eigenvalue weighted by Crippen LogP contribution is -2.42. The Morgan fingerprint density at radius 1 is 1.00 bits per heavy atom. The van der Waals surface area contributed by atoms with E-state index < -0.39 is 5.69 Å². The fraction of sp³-hybridized carbons (Fsp3) is 0.318. The second kappa shape index (κ2) is 7.84. The molecule has 2 aromatic carbocycles. The van der Waals surface area contributed by atoms with Crippen LogP contribution in [0.5, 0.6) is 0 Å². The lowest BCUT2D eigenvalue weighted by molar-refractivity contribution is -0.116. The van der Waals surface area contributed by atoms with Crippen LogP contribution in [0.2, 0.25) is 0 Å². The van der Waals surface area contributed by atoms with Gasteiger partial charge in [0.25, 0.3) is 5.56 Å². The van der Waals surface area contributed by atoms with Crippen LogP contribution in [-0.2, 0) is 17.9 Å². The van der Waals surface area contributed by atoms with Crippen molar-refractivity contribution in [3.8, 4) is 0 Å². The second-order valence-corrected chi connectivity index (χ2v) is 7.49. The van der Waals surface area contributed by atoms with Gasteiger partial charge in [-0.15, -0.1) is 0 Å². The second-order valence-electron chi connectivity index (χ2n) is 7.49. The van der Waals surface area contributed by atoms with Gasteiger partial charge in [0.05, 0.1) is 10.9 Å².